The third kappa shape index (κ3) is 6.02. The summed E-state index contributed by atoms with van der Waals surface area (Å²) in [7, 11) is 0. The summed E-state index contributed by atoms with van der Waals surface area (Å²) in [4.78, 5) is 71.4. The van der Waals surface area contributed by atoms with Crippen molar-refractivity contribution in [2.45, 2.75) is 44.6 Å². The number of amides is 3. The molecule has 3 amide bonds. The van der Waals surface area contributed by atoms with Crippen molar-refractivity contribution in [3.8, 4) is 0 Å². The number of carbonyl (C=O) groups is 6. The van der Waals surface area contributed by atoms with Gasteiger partial charge in [0, 0.05) is 25.7 Å². The molecule has 11 heteroatoms. The molecule has 1 aliphatic rings. The topological polar surface area (TPSA) is 167 Å². The maximum absolute atomic E-state index is 11.6. The molecule has 1 rings (SSSR count). The molecule has 1 saturated heterocycles. The van der Waals surface area contributed by atoms with E-state index in [1.54, 1.807) is 0 Å². The Morgan fingerprint density at radius 2 is 1.62 bits per heavy atom. The standard InChI is InChI=1S/C13H16N2O9/c16-8(14-7(13(22)23)1-5-11(19)20)2-6-12(21)24-15-9(17)3-4-10(15)18/h7H,1-6H2,(H,14,16)(H,19,20)(H,22,23). The van der Waals surface area contributed by atoms with Crippen LogP contribution in [0.3, 0.4) is 0 Å². The minimum atomic E-state index is -1.40. The normalized spacial score (nSPS) is 15.1. The summed E-state index contributed by atoms with van der Waals surface area (Å²) in [5, 5.41) is 19.8. The third-order valence-corrected chi connectivity index (χ3v) is 3.04. The number of imide groups is 1. The first-order valence-corrected chi connectivity index (χ1v) is 7.01. The van der Waals surface area contributed by atoms with Crippen LogP contribution >= 0.6 is 0 Å². The average molecular weight is 344 g/mol. The van der Waals surface area contributed by atoms with E-state index in [2.05, 4.69) is 10.2 Å². The van der Waals surface area contributed by atoms with Crippen LogP contribution in [-0.2, 0) is 33.6 Å². The van der Waals surface area contributed by atoms with Crippen LogP contribution in [0.4, 0.5) is 0 Å². The zero-order valence-electron chi connectivity index (χ0n) is 12.5. The third-order valence-electron chi connectivity index (χ3n) is 3.04. The molecule has 0 aromatic rings. The van der Waals surface area contributed by atoms with E-state index in [1.165, 1.54) is 0 Å². The lowest BCUT2D eigenvalue weighted by atomic mass is 10.1. The maximum atomic E-state index is 11.6. The number of hydrogen-bond donors (Lipinski definition) is 3. The molecule has 0 spiro atoms. The van der Waals surface area contributed by atoms with Gasteiger partial charge in [0.05, 0.1) is 6.42 Å². The van der Waals surface area contributed by atoms with E-state index in [0.29, 0.717) is 5.06 Å². The van der Waals surface area contributed by atoms with Gasteiger partial charge in [0.15, 0.2) is 0 Å². The van der Waals surface area contributed by atoms with E-state index < -0.39 is 60.9 Å². The maximum Gasteiger partial charge on any atom is 0.333 e. The van der Waals surface area contributed by atoms with Gasteiger partial charge in [0.1, 0.15) is 6.04 Å². The minimum Gasteiger partial charge on any atom is -0.481 e. The first kappa shape index (κ1) is 19.1. The molecule has 1 unspecified atom stereocenters. The Kier molecular flexibility index (Phi) is 6.83. The summed E-state index contributed by atoms with van der Waals surface area (Å²) in [6, 6.07) is -1.40. The summed E-state index contributed by atoms with van der Waals surface area (Å²) in [5.41, 5.74) is 0. The lowest BCUT2D eigenvalue weighted by Crippen LogP contribution is -2.41. The van der Waals surface area contributed by atoms with Crippen molar-refractivity contribution in [2.24, 2.45) is 0 Å². The Hall–Kier alpha value is -2.98. The SMILES string of the molecule is O=C(O)CCC(NC(=O)CCC(=O)ON1C(=O)CCC1=O)C(=O)O. The summed E-state index contributed by atoms with van der Waals surface area (Å²) in [5.74, 6) is -5.72. The average Bonchev–Trinajstić information content (AvgIpc) is 2.80. The Balaban J connectivity index is 2.39. The molecule has 1 atom stereocenters. The highest BCUT2D eigenvalue weighted by Gasteiger charge is 2.32. The fraction of sp³-hybridized carbons (Fsp3) is 0.538. The van der Waals surface area contributed by atoms with E-state index in [1.807, 2.05) is 0 Å². The van der Waals surface area contributed by atoms with Crippen LogP contribution < -0.4 is 5.32 Å². The van der Waals surface area contributed by atoms with E-state index in [0.717, 1.165) is 0 Å². The second kappa shape index (κ2) is 8.60. The Morgan fingerprint density at radius 3 is 2.12 bits per heavy atom. The number of hydrogen-bond acceptors (Lipinski definition) is 7. The van der Waals surface area contributed by atoms with Crippen molar-refractivity contribution in [2.75, 3.05) is 0 Å². The second-order valence-corrected chi connectivity index (χ2v) is 4.94. The smallest absolute Gasteiger partial charge is 0.333 e. The van der Waals surface area contributed by atoms with Gasteiger partial charge in [0.2, 0.25) is 5.91 Å². The molecule has 1 heterocycles. The number of rotatable bonds is 9. The van der Waals surface area contributed by atoms with Crippen LogP contribution in [0.2, 0.25) is 0 Å². The Labute approximate surface area is 135 Å². The van der Waals surface area contributed by atoms with Crippen LogP contribution in [0.5, 0.6) is 0 Å². The van der Waals surface area contributed by atoms with E-state index in [-0.39, 0.29) is 19.3 Å². The summed E-state index contributed by atoms with van der Waals surface area (Å²) < 4.78 is 0. The highest BCUT2D eigenvalue weighted by atomic mass is 16.7. The molecule has 0 bridgehead atoms. The number of nitrogens with one attached hydrogen (secondary N) is 1. The van der Waals surface area contributed by atoms with Gasteiger partial charge in [-0.2, -0.15) is 0 Å². The molecule has 0 radical (unpaired) electrons. The fourth-order valence-electron chi connectivity index (χ4n) is 1.81. The Morgan fingerprint density at radius 1 is 1.04 bits per heavy atom. The molecule has 24 heavy (non-hydrogen) atoms. The molecule has 0 aromatic heterocycles. The van der Waals surface area contributed by atoms with E-state index in [4.69, 9.17) is 10.2 Å². The van der Waals surface area contributed by atoms with Gasteiger partial charge in [-0.3, -0.25) is 19.2 Å². The summed E-state index contributed by atoms with van der Waals surface area (Å²) >= 11 is 0. The van der Waals surface area contributed by atoms with Gasteiger partial charge in [-0.1, -0.05) is 0 Å². The molecule has 1 aliphatic heterocycles. The number of nitrogens with zero attached hydrogens (tertiary/aromatic N) is 1. The highest BCUT2D eigenvalue weighted by molar-refractivity contribution is 6.01. The molecule has 0 saturated carbocycles. The number of aliphatic carboxylic acids is 2. The van der Waals surface area contributed by atoms with Gasteiger partial charge in [-0.05, 0) is 6.42 Å². The van der Waals surface area contributed by atoms with Crippen molar-refractivity contribution in [1.29, 1.82) is 0 Å². The summed E-state index contributed by atoms with van der Waals surface area (Å²) in [6.07, 6.45) is -1.79. The highest BCUT2D eigenvalue weighted by Crippen LogP contribution is 2.13. The van der Waals surface area contributed by atoms with Crippen molar-refractivity contribution in [1.82, 2.24) is 10.4 Å². The van der Waals surface area contributed by atoms with Gasteiger partial charge in [-0.25, -0.2) is 9.59 Å². The van der Waals surface area contributed by atoms with Crippen LogP contribution in [0.1, 0.15) is 38.5 Å². The van der Waals surface area contributed by atoms with E-state index in [9.17, 15) is 28.8 Å². The number of carboxylic acid groups (broad SMARTS) is 2. The molecular weight excluding hydrogens is 328 g/mol. The second-order valence-electron chi connectivity index (χ2n) is 4.94. The minimum absolute atomic E-state index is 0.0591. The molecule has 1 fully saturated rings. The molecule has 11 nitrogen and oxygen atoms in total. The fourth-order valence-corrected chi connectivity index (χ4v) is 1.81. The van der Waals surface area contributed by atoms with Crippen molar-refractivity contribution in [3.05, 3.63) is 0 Å². The number of carboxylic acids is 2. The van der Waals surface area contributed by atoms with Crippen LogP contribution in [0.15, 0.2) is 0 Å². The predicted molar refractivity (Wildman–Crippen MR) is 72.8 cm³/mol. The zero-order chi connectivity index (χ0) is 18.3. The molecule has 0 aromatic carbocycles. The van der Waals surface area contributed by atoms with Crippen LogP contribution in [0.25, 0.3) is 0 Å². The monoisotopic (exact) mass is 344 g/mol. The molecule has 0 aliphatic carbocycles. The molecular formula is C13H16N2O9. The van der Waals surface area contributed by atoms with Gasteiger partial charge >= 0.3 is 17.9 Å². The van der Waals surface area contributed by atoms with Crippen molar-refractivity contribution in [3.63, 3.8) is 0 Å². The Bertz CT molecular complexity index is 556. The van der Waals surface area contributed by atoms with Crippen LogP contribution in [-0.4, -0.2) is 56.9 Å². The van der Waals surface area contributed by atoms with Crippen LogP contribution in [0, 0.1) is 0 Å². The predicted octanol–water partition coefficient (Wildman–Crippen LogP) is -1.19. The van der Waals surface area contributed by atoms with Crippen molar-refractivity contribution >= 4 is 35.6 Å². The van der Waals surface area contributed by atoms with Gasteiger partial charge in [0.25, 0.3) is 11.8 Å². The lowest BCUT2D eigenvalue weighted by molar-refractivity contribution is -0.197. The number of carbonyl (C=O) groups excluding carboxylic acids is 4. The largest absolute Gasteiger partial charge is 0.481 e. The zero-order valence-corrected chi connectivity index (χ0v) is 12.5. The van der Waals surface area contributed by atoms with Gasteiger partial charge in [-0.15, -0.1) is 5.06 Å². The first-order chi connectivity index (χ1) is 11.2. The first-order valence-electron chi connectivity index (χ1n) is 7.01. The van der Waals surface area contributed by atoms with E-state index >= 15 is 0 Å². The lowest BCUT2D eigenvalue weighted by Gasteiger charge is -2.14. The van der Waals surface area contributed by atoms with Gasteiger partial charge < -0.3 is 20.4 Å². The molecule has 3 N–H and O–H groups in total. The molecule has 132 valence electrons. The number of hydroxylamine groups is 2. The quantitative estimate of drug-likeness (QED) is 0.435. The summed E-state index contributed by atoms with van der Waals surface area (Å²) in [6.45, 7) is 0. The van der Waals surface area contributed by atoms with Crippen molar-refractivity contribution < 1.29 is 43.8 Å².